The summed E-state index contributed by atoms with van der Waals surface area (Å²) in [6.45, 7) is 4.55. The fourth-order valence-electron chi connectivity index (χ4n) is 3.53. The summed E-state index contributed by atoms with van der Waals surface area (Å²) in [5.41, 5.74) is 1.94. The van der Waals surface area contributed by atoms with E-state index in [4.69, 9.17) is 0 Å². The van der Waals surface area contributed by atoms with E-state index in [1.54, 1.807) is 6.20 Å². The molecule has 3 nitrogen and oxygen atoms in total. The normalized spacial score (nSPS) is 25.1. The zero-order valence-corrected chi connectivity index (χ0v) is 13.4. The first kappa shape index (κ1) is 15.0. The fraction of sp³-hybridized carbons (Fsp3) is 0.474. The van der Waals surface area contributed by atoms with Crippen molar-refractivity contribution in [3.63, 3.8) is 0 Å². The second kappa shape index (κ2) is 6.47. The summed E-state index contributed by atoms with van der Waals surface area (Å²) in [6, 6.07) is 10.3. The van der Waals surface area contributed by atoms with Crippen molar-refractivity contribution >= 4 is 16.8 Å². The predicted octanol–water partition coefficient (Wildman–Crippen LogP) is 3.72. The second-order valence-corrected chi connectivity index (χ2v) is 6.61. The summed E-state index contributed by atoms with van der Waals surface area (Å²) in [5, 5.41) is 4.34. The number of hydrogen-bond acceptors (Lipinski definition) is 2. The minimum atomic E-state index is 0.115. The average molecular weight is 296 g/mol. The number of nitrogens with zero attached hydrogens (tertiary/aromatic N) is 1. The second-order valence-electron chi connectivity index (χ2n) is 6.61. The molecule has 0 unspecified atom stereocenters. The van der Waals surface area contributed by atoms with E-state index in [0.29, 0.717) is 24.3 Å². The van der Waals surface area contributed by atoms with Crippen LogP contribution >= 0.6 is 0 Å². The maximum Gasteiger partial charge on any atom is 0.224 e. The maximum absolute atomic E-state index is 12.4. The standard InChI is InChI=1S/C19H24N2O/c1-13-6-3-10-17(14(13)2)21-18(22)12-16-8-4-7-15-9-5-11-20-19(15)16/h4-5,7-9,11,13-14,17H,3,6,10,12H2,1-2H3,(H,21,22)/t13-,14+,17-/m1/s1. The molecule has 1 fully saturated rings. The Hall–Kier alpha value is -1.90. The Bertz CT molecular complexity index is 662. The van der Waals surface area contributed by atoms with Crippen LogP contribution in [0.4, 0.5) is 0 Å². The van der Waals surface area contributed by atoms with Crippen LogP contribution in [0.15, 0.2) is 36.5 Å². The zero-order chi connectivity index (χ0) is 15.5. The number of para-hydroxylation sites is 1. The lowest BCUT2D eigenvalue weighted by Crippen LogP contribution is -2.44. The summed E-state index contributed by atoms with van der Waals surface area (Å²) >= 11 is 0. The number of fused-ring (bicyclic) bond motifs is 1. The number of benzene rings is 1. The highest BCUT2D eigenvalue weighted by Crippen LogP contribution is 2.29. The van der Waals surface area contributed by atoms with Crippen LogP contribution in [0.25, 0.3) is 10.9 Å². The number of rotatable bonds is 3. The topological polar surface area (TPSA) is 42.0 Å². The van der Waals surface area contributed by atoms with Gasteiger partial charge in [0.05, 0.1) is 11.9 Å². The number of hydrogen-bond donors (Lipinski definition) is 1. The molecule has 116 valence electrons. The van der Waals surface area contributed by atoms with Gasteiger partial charge in [0, 0.05) is 17.6 Å². The minimum absolute atomic E-state index is 0.115. The molecule has 1 amide bonds. The van der Waals surface area contributed by atoms with Gasteiger partial charge in [0.2, 0.25) is 5.91 Å². The molecule has 0 saturated heterocycles. The Morgan fingerprint density at radius 1 is 1.23 bits per heavy atom. The van der Waals surface area contributed by atoms with Gasteiger partial charge in [-0.2, -0.15) is 0 Å². The molecule has 3 heteroatoms. The molecule has 3 atom stereocenters. The monoisotopic (exact) mass is 296 g/mol. The number of nitrogens with one attached hydrogen (secondary N) is 1. The Morgan fingerprint density at radius 3 is 2.91 bits per heavy atom. The zero-order valence-electron chi connectivity index (χ0n) is 13.4. The molecule has 1 heterocycles. The van der Waals surface area contributed by atoms with Crippen molar-refractivity contribution in [2.45, 2.75) is 45.6 Å². The molecule has 0 radical (unpaired) electrons. The van der Waals surface area contributed by atoms with Crippen molar-refractivity contribution in [2.24, 2.45) is 11.8 Å². The SMILES string of the molecule is C[C@H]1[C@H](C)CCC[C@H]1NC(=O)Cc1cccc2cccnc12. The molecule has 3 rings (SSSR count). The molecular formula is C19H24N2O. The van der Waals surface area contributed by atoms with Crippen LogP contribution in [0.2, 0.25) is 0 Å². The van der Waals surface area contributed by atoms with E-state index in [-0.39, 0.29) is 5.91 Å². The van der Waals surface area contributed by atoms with Crippen LogP contribution in [0.1, 0.15) is 38.7 Å². The van der Waals surface area contributed by atoms with Crippen LogP contribution in [-0.4, -0.2) is 16.9 Å². The Morgan fingerprint density at radius 2 is 2.05 bits per heavy atom. The smallest absolute Gasteiger partial charge is 0.224 e. The molecule has 0 spiro atoms. The number of pyridine rings is 1. The summed E-state index contributed by atoms with van der Waals surface area (Å²) in [6.07, 6.45) is 5.79. The highest BCUT2D eigenvalue weighted by atomic mass is 16.1. The van der Waals surface area contributed by atoms with Crippen LogP contribution in [-0.2, 0) is 11.2 Å². The third kappa shape index (κ3) is 3.13. The first-order chi connectivity index (χ1) is 10.6. The molecule has 1 saturated carbocycles. The quantitative estimate of drug-likeness (QED) is 0.938. The number of carbonyl (C=O) groups excluding carboxylic acids is 1. The molecule has 1 aromatic carbocycles. The molecule has 0 aliphatic heterocycles. The molecular weight excluding hydrogens is 272 g/mol. The average Bonchev–Trinajstić information content (AvgIpc) is 2.52. The van der Waals surface area contributed by atoms with Gasteiger partial charge in [-0.1, -0.05) is 51.0 Å². The van der Waals surface area contributed by atoms with E-state index in [9.17, 15) is 4.79 Å². The van der Waals surface area contributed by atoms with Crippen LogP contribution in [0.3, 0.4) is 0 Å². The molecule has 2 aromatic rings. The van der Waals surface area contributed by atoms with Gasteiger partial charge in [0.1, 0.15) is 0 Å². The first-order valence-corrected chi connectivity index (χ1v) is 8.27. The van der Waals surface area contributed by atoms with Crippen molar-refractivity contribution in [1.29, 1.82) is 0 Å². The van der Waals surface area contributed by atoms with Gasteiger partial charge in [-0.25, -0.2) is 0 Å². The molecule has 1 N–H and O–H groups in total. The van der Waals surface area contributed by atoms with Crippen molar-refractivity contribution in [1.82, 2.24) is 10.3 Å². The van der Waals surface area contributed by atoms with Crippen molar-refractivity contribution in [3.8, 4) is 0 Å². The van der Waals surface area contributed by atoms with E-state index in [1.165, 1.54) is 12.8 Å². The number of amides is 1. The van der Waals surface area contributed by atoms with Gasteiger partial charge < -0.3 is 5.32 Å². The Labute approximate surface area is 132 Å². The summed E-state index contributed by atoms with van der Waals surface area (Å²) in [4.78, 5) is 16.9. The summed E-state index contributed by atoms with van der Waals surface area (Å²) in [7, 11) is 0. The van der Waals surface area contributed by atoms with Gasteiger partial charge in [0.25, 0.3) is 0 Å². The third-order valence-electron chi connectivity index (χ3n) is 5.12. The Kier molecular flexibility index (Phi) is 4.41. The van der Waals surface area contributed by atoms with Crippen LogP contribution in [0.5, 0.6) is 0 Å². The van der Waals surface area contributed by atoms with E-state index in [2.05, 4.69) is 24.1 Å². The fourth-order valence-corrected chi connectivity index (χ4v) is 3.53. The van der Waals surface area contributed by atoms with Crippen LogP contribution in [0, 0.1) is 11.8 Å². The van der Waals surface area contributed by atoms with Gasteiger partial charge in [-0.3, -0.25) is 9.78 Å². The number of carbonyl (C=O) groups is 1. The van der Waals surface area contributed by atoms with Crippen molar-refractivity contribution in [3.05, 3.63) is 42.1 Å². The van der Waals surface area contributed by atoms with Gasteiger partial charge in [-0.05, 0) is 29.9 Å². The van der Waals surface area contributed by atoms with Gasteiger partial charge >= 0.3 is 0 Å². The lowest BCUT2D eigenvalue weighted by molar-refractivity contribution is -0.121. The molecule has 22 heavy (non-hydrogen) atoms. The molecule has 1 aliphatic rings. The summed E-state index contributed by atoms with van der Waals surface area (Å²) in [5.74, 6) is 1.37. The minimum Gasteiger partial charge on any atom is -0.353 e. The van der Waals surface area contributed by atoms with E-state index in [1.807, 2.05) is 30.3 Å². The summed E-state index contributed by atoms with van der Waals surface area (Å²) < 4.78 is 0. The first-order valence-electron chi connectivity index (χ1n) is 8.27. The van der Waals surface area contributed by atoms with E-state index in [0.717, 1.165) is 22.9 Å². The van der Waals surface area contributed by atoms with Crippen LogP contribution < -0.4 is 5.32 Å². The predicted molar refractivity (Wildman–Crippen MR) is 89.6 cm³/mol. The highest BCUT2D eigenvalue weighted by Gasteiger charge is 2.28. The van der Waals surface area contributed by atoms with Gasteiger partial charge in [-0.15, -0.1) is 0 Å². The molecule has 0 bridgehead atoms. The highest BCUT2D eigenvalue weighted by molar-refractivity contribution is 5.87. The van der Waals surface area contributed by atoms with Gasteiger partial charge in [0.15, 0.2) is 0 Å². The lowest BCUT2D eigenvalue weighted by Gasteiger charge is -2.34. The lowest BCUT2D eigenvalue weighted by atomic mass is 9.78. The van der Waals surface area contributed by atoms with E-state index >= 15 is 0 Å². The third-order valence-corrected chi connectivity index (χ3v) is 5.12. The van der Waals surface area contributed by atoms with E-state index < -0.39 is 0 Å². The molecule has 1 aromatic heterocycles. The van der Waals surface area contributed by atoms with Crippen molar-refractivity contribution < 1.29 is 4.79 Å². The molecule has 1 aliphatic carbocycles. The van der Waals surface area contributed by atoms with Crippen molar-refractivity contribution in [2.75, 3.05) is 0 Å². The maximum atomic E-state index is 12.4. The number of aromatic nitrogens is 1. The Balaban J connectivity index is 1.71. The largest absolute Gasteiger partial charge is 0.353 e.